The smallest absolute Gasteiger partial charge is 0.261 e. The van der Waals surface area contributed by atoms with Crippen molar-refractivity contribution in [3.05, 3.63) is 59.1 Å². The van der Waals surface area contributed by atoms with Gasteiger partial charge >= 0.3 is 0 Å². The predicted octanol–water partition coefficient (Wildman–Crippen LogP) is 4.33. The molecule has 6 nitrogen and oxygen atoms in total. The van der Waals surface area contributed by atoms with Crippen molar-refractivity contribution in [3.8, 4) is 5.75 Å². The molecule has 0 aliphatic heterocycles. The molecule has 0 unspecified atom stereocenters. The minimum absolute atomic E-state index is 0.173. The summed E-state index contributed by atoms with van der Waals surface area (Å²) in [6.07, 6.45) is 0. The van der Waals surface area contributed by atoms with Gasteiger partial charge in [-0.1, -0.05) is 6.07 Å². The van der Waals surface area contributed by atoms with Crippen LogP contribution in [0.2, 0.25) is 0 Å². The van der Waals surface area contributed by atoms with Crippen LogP contribution in [0.1, 0.15) is 29.8 Å². The topological polar surface area (TPSA) is 78.6 Å². The molecule has 0 spiro atoms. The summed E-state index contributed by atoms with van der Waals surface area (Å²) >= 11 is 0. The number of ether oxygens (including phenoxy) is 1. The number of fused-ring (bicyclic) bond motifs is 1. The monoisotopic (exact) mass is 379 g/mol. The molecule has 3 aromatic rings. The summed E-state index contributed by atoms with van der Waals surface area (Å²) in [7, 11) is 1.55. The molecule has 0 atom stereocenters. The first kappa shape index (κ1) is 19.5. The van der Waals surface area contributed by atoms with Crippen molar-refractivity contribution in [2.75, 3.05) is 30.4 Å². The Hall–Kier alpha value is -3.28. The van der Waals surface area contributed by atoms with E-state index in [1.165, 1.54) is 0 Å². The van der Waals surface area contributed by atoms with Crippen LogP contribution in [0.3, 0.4) is 0 Å². The molecular weight excluding hydrogens is 354 g/mol. The van der Waals surface area contributed by atoms with Gasteiger partial charge in [-0.15, -0.1) is 0 Å². The zero-order chi connectivity index (χ0) is 20.3. The molecule has 146 valence electrons. The van der Waals surface area contributed by atoms with E-state index in [2.05, 4.69) is 24.1 Å². The van der Waals surface area contributed by atoms with Crippen LogP contribution >= 0.6 is 0 Å². The van der Waals surface area contributed by atoms with Crippen LogP contribution in [0.25, 0.3) is 11.0 Å². The number of aryl methyl sites for hydroxylation is 1. The van der Waals surface area contributed by atoms with Gasteiger partial charge < -0.3 is 19.4 Å². The van der Waals surface area contributed by atoms with Crippen molar-refractivity contribution in [1.29, 1.82) is 5.41 Å². The number of hydrogen-bond donors (Lipinski definition) is 2. The third kappa shape index (κ3) is 3.86. The van der Waals surface area contributed by atoms with E-state index in [9.17, 15) is 4.79 Å². The molecular formula is C22H25N3O3. The molecule has 6 heteroatoms. The lowest BCUT2D eigenvalue weighted by molar-refractivity contribution is 0.102. The average Bonchev–Trinajstić information content (AvgIpc) is 2.68. The molecule has 2 N–H and O–H groups in total. The summed E-state index contributed by atoms with van der Waals surface area (Å²) in [6, 6.07) is 13.0. The Bertz CT molecular complexity index is 1070. The SMILES string of the molecule is CCN(CC)c1ccc2cc(C(=O)Nc3cc(C)ccc3OC)c(=N)oc2c1. The number of carbonyl (C=O) groups excluding carboxylic acids is 1. The van der Waals surface area contributed by atoms with Gasteiger partial charge in [-0.3, -0.25) is 10.2 Å². The lowest BCUT2D eigenvalue weighted by Crippen LogP contribution is -2.22. The quantitative estimate of drug-likeness (QED) is 0.668. The minimum Gasteiger partial charge on any atom is -0.495 e. The summed E-state index contributed by atoms with van der Waals surface area (Å²) in [5, 5.41) is 11.8. The fourth-order valence-corrected chi connectivity index (χ4v) is 3.18. The predicted molar refractivity (Wildman–Crippen MR) is 111 cm³/mol. The minimum atomic E-state index is -0.410. The van der Waals surface area contributed by atoms with Crippen molar-refractivity contribution in [1.82, 2.24) is 0 Å². The van der Waals surface area contributed by atoms with E-state index in [0.29, 0.717) is 17.0 Å². The van der Waals surface area contributed by atoms with E-state index in [4.69, 9.17) is 14.6 Å². The molecule has 0 saturated heterocycles. The molecule has 0 fully saturated rings. The van der Waals surface area contributed by atoms with E-state index in [0.717, 1.165) is 29.7 Å². The Kier molecular flexibility index (Phi) is 5.68. The first-order valence-electron chi connectivity index (χ1n) is 9.30. The zero-order valence-corrected chi connectivity index (χ0v) is 16.6. The number of rotatable bonds is 6. The molecule has 3 rings (SSSR count). The Labute approximate surface area is 164 Å². The molecule has 28 heavy (non-hydrogen) atoms. The fraction of sp³-hybridized carbons (Fsp3) is 0.273. The average molecular weight is 379 g/mol. The third-order valence-corrected chi connectivity index (χ3v) is 4.73. The molecule has 0 radical (unpaired) electrons. The number of amides is 1. The standard InChI is InChI=1S/C22H25N3O3/c1-5-25(6-2)16-9-8-15-12-17(21(23)28-20(15)13-16)22(26)24-18-11-14(3)7-10-19(18)27-4/h7-13,23H,5-6H2,1-4H3,(H,24,26). The third-order valence-electron chi connectivity index (χ3n) is 4.73. The van der Waals surface area contributed by atoms with Crippen molar-refractivity contribution in [2.24, 2.45) is 0 Å². The van der Waals surface area contributed by atoms with Gasteiger partial charge in [0.15, 0.2) is 0 Å². The normalized spacial score (nSPS) is 10.7. The highest BCUT2D eigenvalue weighted by molar-refractivity contribution is 6.06. The zero-order valence-electron chi connectivity index (χ0n) is 16.6. The number of carbonyl (C=O) groups is 1. The second-order valence-electron chi connectivity index (χ2n) is 6.54. The number of methoxy groups -OCH3 is 1. The summed E-state index contributed by atoms with van der Waals surface area (Å²) < 4.78 is 11.0. The number of anilines is 2. The Balaban J connectivity index is 1.96. The second-order valence-corrected chi connectivity index (χ2v) is 6.54. The number of benzene rings is 2. The molecule has 0 aliphatic rings. The van der Waals surface area contributed by atoms with Crippen LogP contribution in [-0.2, 0) is 0 Å². The molecule has 0 saturated carbocycles. The maximum Gasteiger partial charge on any atom is 0.261 e. The Morgan fingerprint density at radius 3 is 2.57 bits per heavy atom. The maximum atomic E-state index is 12.8. The van der Waals surface area contributed by atoms with Gasteiger partial charge in [0.25, 0.3) is 5.91 Å². The number of hydrogen-bond acceptors (Lipinski definition) is 5. The van der Waals surface area contributed by atoms with Crippen LogP contribution in [0.5, 0.6) is 5.75 Å². The summed E-state index contributed by atoms with van der Waals surface area (Å²) in [5.41, 5.74) is 3.17. The highest BCUT2D eigenvalue weighted by atomic mass is 16.5. The van der Waals surface area contributed by atoms with Gasteiger partial charge in [-0.05, 0) is 56.7 Å². The molecule has 1 heterocycles. The Morgan fingerprint density at radius 1 is 1.14 bits per heavy atom. The van der Waals surface area contributed by atoms with Gasteiger partial charge in [-0.2, -0.15) is 0 Å². The van der Waals surface area contributed by atoms with Gasteiger partial charge in [0.1, 0.15) is 16.9 Å². The van der Waals surface area contributed by atoms with Crippen LogP contribution in [0, 0.1) is 12.3 Å². The van der Waals surface area contributed by atoms with Crippen LogP contribution in [-0.4, -0.2) is 26.1 Å². The number of nitrogens with zero attached hydrogens (tertiary/aromatic N) is 1. The van der Waals surface area contributed by atoms with Gasteiger partial charge in [0, 0.05) is 30.2 Å². The highest BCUT2D eigenvalue weighted by Gasteiger charge is 2.15. The van der Waals surface area contributed by atoms with E-state index in [1.807, 2.05) is 37.3 Å². The fourth-order valence-electron chi connectivity index (χ4n) is 3.18. The van der Waals surface area contributed by atoms with E-state index in [-0.39, 0.29) is 11.1 Å². The lowest BCUT2D eigenvalue weighted by atomic mass is 10.1. The first-order valence-corrected chi connectivity index (χ1v) is 9.30. The van der Waals surface area contributed by atoms with E-state index < -0.39 is 5.91 Å². The van der Waals surface area contributed by atoms with Crippen LogP contribution < -0.4 is 20.5 Å². The van der Waals surface area contributed by atoms with Gasteiger partial charge in [0.05, 0.1) is 12.8 Å². The highest BCUT2D eigenvalue weighted by Crippen LogP contribution is 2.26. The Morgan fingerprint density at radius 2 is 1.89 bits per heavy atom. The lowest BCUT2D eigenvalue weighted by Gasteiger charge is -2.21. The van der Waals surface area contributed by atoms with Crippen LogP contribution in [0.15, 0.2) is 46.9 Å². The van der Waals surface area contributed by atoms with E-state index in [1.54, 1.807) is 19.2 Å². The summed E-state index contributed by atoms with van der Waals surface area (Å²) in [6.45, 7) is 7.88. The first-order chi connectivity index (χ1) is 13.5. The summed E-state index contributed by atoms with van der Waals surface area (Å²) in [4.78, 5) is 15.0. The largest absolute Gasteiger partial charge is 0.495 e. The second kappa shape index (κ2) is 8.17. The van der Waals surface area contributed by atoms with E-state index >= 15 is 0 Å². The van der Waals surface area contributed by atoms with Gasteiger partial charge in [0.2, 0.25) is 5.55 Å². The molecule has 0 aliphatic carbocycles. The van der Waals surface area contributed by atoms with Crippen molar-refractivity contribution < 1.29 is 13.9 Å². The van der Waals surface area contributed by atoms with Crippen molar-refractivity contribution in [2.45, 2.75) is 20.8 Å². The maximum absolute atomic E-state index is 12.8. The molecule has 1 aromatic heterocycles. The summed E-state index contributed by atoms with van der Waals surface area (Å²) in [5.74, 6) is 0.152. The molecule has 0 bridgehead atoms. The van der Waals surface area contributed by atoms with Crippen molar-refractivity contribution >= 4 is 28.3 Å². The van der Waals surface area contributed by atoms with Crippen LogP contribution in [0.4, 0.5) is 11.4 Å². The van der Waals surface area contributed by atoms with Crippen molar-refractivity contribution in [3.63, 3.8) is 0 Å². The molecule has 1 amide bonds. The molecule has 2 aromatic carbocycles. The van der Waals surface area contributed by atoms with Gasteiger partial charge in [-0.25, -0.2) is 0 Å². The number of nitrogens with one attached hydrogen (secondary N) is 2.